The molecule has 31 heavy (non-hydrogen) atoms. The number of methoxy groups -OCH3 is 1. The third-order valence-electron chi connectivity index (χ3n) is 5.32. The summed E-state index contributed by atoms with van der Waals surface area (Å²) in [5, 5.41) is 6.41. The van der Waals surface area contributed by atoms with Crippen LogP contribution in [-0.4, -0.2) is 59.8 Å². The maximum atomic E-state index is 13.1. The van der Waals surface area contributed by atoms with Crippen LogP contribution in [0.25, 0.3) is 16.7 Å². The molecule has 1 atom stereocenters. The van der Waals surface area contributed by atoms with Crippen molar-refractivity contribution < 1.29 is 14.3 Å². The molecular formula is C22H27N5O4. The highest BCUT2D eigenvalue weighted by atomic mass is 16.5. The van der Waals surface area contributed by atoms with Crippen molar-refractivity contribution in [3.05, 3.63) is 45.9 Å². The van der Waals surface area contributed by atoms with Gasteiger partial charge < -0.3 is 20.1 Å². The van der Waals surface area contributed by atoms with E-state index in [0.29, 0.717) is 54.2 Å². The van der Waals surface area contributed by atoms with Crippen LogP contribution in [0.4, 0.5) is 5.82 Å². The number of ether oxygens (including phenoxy) is 2. The number of carbonyl (C=O) groups excluding carboxylic acids is 1. The van der Waals surface area contributed by atoms with Gasteiger partial charge >= 0.3 is 0 Å². The molecule has 4 heterocycles. The van der Waals surface area contributed by atoms with E-state index in [1.807, 2.05) is 13.0 Å². The van der Waals surface area contributed by atoms with Gasteiger partial charge in [0, 0.05) is 39.6 Å². The number of aromatic nitrogens is 3. The highest BCUT2D eigenvalue weighted by molar-refractivity contribution is 6.01. The number of amides is 1. The fraction of sp³-hybridized carbons (Fsp3) is 0.455. The zero-order valence-electron chi connectivity index (χ0n) is 17.8. The van der Waals surface area contributed by atoms with Gasteiger partial charge in [0.05, 0.1) is 17.1 Å². The Balaban J connectivity index is 1.73. The molecule has 0 aromatic carbocycles. The number of aryl methyl sites for hydroxylation is 1. The van der Waals surface area contributed by atoms with E-state index in [1.165, 1.54) is 4.40 Å². The van der Waals surface area contributed by atoms with Crippen molar-refractivity contribution >= 4 is 28.4 Å². The van der Waals surface area contributed by atoms with E-state index in [-0.39, 0.29) is 17.6 Å². The van der Waals surface area contributed by atoms with Gasteiger partial charge in [-0.1, -0.05) is 6.07 Å². The van der Waals surface area contributed by atoms with Crippen LogP contribution in [0, 0.1) is 6.92 Å². The zero-order valence-corrected chi connectivity index (χ0v) is 17.8. The molecule has 9 heteroatoms. The lowest BCUT2D eigenvalue weighted by Crippen LogP contribution is -2.28. The molecule has 164 valence electrons. The van der Waals surface area contributed by atoms with Crippen LogP contribution in [0.15, 0.2) is 29.2 Å². The van der Waals surface area contributed by atoms with E-state index in [0.717, 1.165) is 25.0 Å². The average molecular weight is 425 g/mol. The fourth-order valence-electron chi connectivity index (χ4n) is 3.67. The number of fused-ring (bicyclic) bond motifs is 2. The highest BCUT2D eigenvalue weighted by Gasteiger charge is 2.20. The first kappa shape index (κ1) is 21.2. The Labute approximate surface area is 179 Å². The molecule has 9 nitrogen and oxygen atoms in total. The Kier molecular flexibility index (Phi) is 6.43. The van der Waals surface area contributed by atoms with Crippen molar-refractivity contribution in [1.29, 1.82) is 0 Å². The van der Waals surface area contributed by atoms with Crippen LogP contribution in [0.1, 0.15) is 35.2 Å². The maximum absolute atomic E-state index is 13.1. The molecule has 3 aromatic rings. The number of anilines is 1. The van der Waals surface area contributed by atoms with Gasteiger partial charge in [0.2, 0.25) is 0 Å². The third kappa shape index (κ3) is 4.67. The van der Waals surface area contributed by atoms with Crippen molar-refractivity contribution in [3.8, 4) is 0 Å². The monoisotopic (exact) mass is 425 g/mol. The number of hydrogen-bond donors (Lipinski definition) is 2. The Morgan fingerprint density at radius 3 is 3.00 bits per heavy atom. The number of nitrogens with zero attached hydrogens (tertiary/aromatic N) is 3. The molecule has 0 bridgehead atoms. The molecule has 0 aliphatic carbocycles. The predicted molar refractivity (Wildman–Crippen MR) is 118 cm³/mol. The van der Waals surface area contributed by atoms with Gasteiger partial charge in [0.1, 0.15) is 11.5 Å². The summed E-state index contributed by atoms with van der Waals surface area (Å²) in [5.74, 6) is 0.102. The second-order valence-corrected chi connectivity index (χ2v) is 7.73. The molecule has 0 unspecified atom stereocenters. The Morgan fingerprint density at radius 2 is 2.23 bits per heavy atom. The highest BCUT2D eigenvalue weighted by Crippen LogP contribution is 2.20. The second-order valence-electron chi connectivity index (χ2n) is 7.73. The molecule has 0 radical (unpaired) electrons. The number of nitrogens with one attached hydrogen (secondary N) is 2. The Hall–Kier alpha value is -3.04. The molecule has 1 aliphatic rings. The first-order chi connectivity index (χ1) is 15.1. The SMILES string of the molecule is COCCCNC(=O)c1cc2c(=O)n3cc(C)ccc3nc2nc1NC[C@@H]1CCCO1. The Bertz CT molecular complexity index is 1150. The molecule has 2 N–H and O–H groups in total. The lowest BCUT2D eigenvalue weighted by Gasteiger charge is -2.15. The fourth-order valence-corrected chi connectivity index (χ4v) is 3.67. The molecule has 1 saturated heterocycles. The van der Waals surface area contributed by atoms with Crippen LogP contribution in [-0.2, 0) is 9.47 Å². The van der Waals surface area contributed by atoms with Crippen molar-refractivity contribution in [2.45, 2.75) is 32.3 Å². The lowest BCUT2D eigenvalue weighted by molar-refractivity contribution is 0.0948. The number of hydrogen-bond acceptors (Lipinski definition) is 7. The summed E-state index contributed by atoms with van der Waals surface area (Å²) in [7, 11) is 1.62. The summed E-state index contributed by atoms with van der Waals surface area (Å²) in [6.07, 6.45) is 4.48. The lowest BCUT2D eigenvalue weighted by atomic mass is 10.1. The largest absolute Gasteiger partial charge is 0.385 e. The van der Waals surface area contributed by atoms with Gasteiger partial charge in [-0.2, -0.15) is 0 Å². The molecule has 1 fully saturated rings. The van der Waals surface area contributed by atoms with Crippen molar-refractivity contribution in [2.75, 3.05) is 38.7 Å². The van der Waals surface area contributed by atoms with E-state index in [4.69, 9.17) is 9.47 Å². The molecule has 0 spiro atoms. The minimum absolute atomic E-state index is 0.0771. The van der Waals surface area contributed by atoms with Crippen molar-refractivity contribution in [3.63, 3.8) is 0 Å². The molecule has 3 aromatic heterocycles. The number of rotatable bonds is 8. The summed E-state index contributed by atoms with van der Waals surface area (Å²) in [6, 6.07) is 5.26. The quantitative estimate of drug-likeness (QED) is 0.419. The van der Waals surface area contributed by atoms with E-state index in [9.17, 15) is 9.59 Å². The number of carbonyl (C=O) groups is 1. The van der Waals surface area contributed by atoms with Gasteiger partial charge in [-0.25, -0.2) is 9.97 Å². The van der Waals surface area contributed by atoms with Crippen LogP contribution >= 0.6 is 0 Å². The van der Waals surface area contributed by atoms with Gasteiger partial charge in [-0.15, -0.1) is 0 Å². The standard InChI is InChI=1S/C22H27N5O4/c1-14-6-7-18-25-20-17(22(29)27(18)13-14)11-16(21(28)23-8-4-9-30-2)19(26-20)24-12-15-5-3-10-31-15/h6-7,11,13,15H,3-5,8-10,12H2,1-2H3,(H,23,28)(H,24,26)/t15-/m0/s1. The van der Waals surface area contributed by atoms with E-state index in [2.05, 4.69) is 20.6 Å². The summed E-state index contributed by atoms with van der Waals surface area (Å²) in [6.45, 7) is 4.20. The Morgan fingerprint density at radius 1 is 1.35 bits per heavy atom. The first-order valence-electron chi connectivity index (χ1n) is 10.5. The zero-order chi connectivity index (χ0) is 21.8. The summed E-state index contributed by atoms with van der Waals surface area (Å²) < 4.78 is 12.2. The van der Waals surface area contributed by atoms with Gasteiger partial charge in [0.25, 0.3) is 11.5 Å². The predicted octanol–water partition coefficient (Wildman–Crippen LogP) is 1.91. The second kappa shape index (κ2) is 9.40. The van der Waals surface area contributed by atoms with Crippen LogP contribution in [0.3, 0.4) is 0 Å². The number of pyridine rings is 2. The molecule has 0 saturated carbocycles. The van der Waals surface area contributed by atoms with E-state index < -0.39 is 0 Å². The topological polar surface area (TPSA) is 107 Å². The summed E-state index contributed by atoms with van der Waals surface area (Å²) in [5.41, 5.74) is 1.82. The summed E-state index contributed by atoms with van der Waals surface area (Å²) in [4.78, 5) is 35.1. The third-order valence-corrected chi connectivity index (χ3v) is 5.32. The molecule has 1 amide bonds. The van der Waals surface area contributed by atoms with Crippen molar-refractivity contribution in [2.24, 2.45) is 0 Å². The van der Waals surface area contributed by atoms with Gasteiger partial charge in [-0.05, 0) is 43.9 Å². The minimum Gasteiger partial charge on any atom is -0.385 e. The van der Waals surface area contributed by atoms with Crippen LogP contribution in [0.2, 0.25) is 0 Å². The molecule has 4 rings (SSSR count). The maximum Gasteiger partial charge on any atom is 0.267 e. The van der Waals surface area contributed by atoms with E-state index >= 15 is 0 Å². The van der Waals surface area contributed by atoms with Crippen molar-refractivity contribution in [1.82, 2.24) is 19.7 Å². The smallest absolute Gasteiger partial charge is 0.267 e. The van der Waals surface area contributed by atoms with Crippen LogP contribution < -0.4 is 16.2 Å². The van der Waals surface area contributed by atoms with E-state index in [1.54, 1.807) is 25.4 Å². The average Bonchev–Trinajstić information content (AvgIpc) is 3.29. The normalized spacial score (nSPS) is 16.1. The molecule has 1 aliphatic heterocycles. The summed E-state index contributed by atoms with van der Waals surface area (Å²) >= 11 is 0. The van der Waals surface area contributed by atoms with Gasteiger partial charge in [0.15, 0.2) is 5.65 Å². The molecular weight excluding hydrogens is 398 g/mol. The first-order valence-corrected chi connectivity index (χ1v) is 10.5. The van der Waals surface area contributed by atoms with Gasteiger partial charge in [-0.3, -0.25) is 14.0 Å². The minimum atomic E-state index is -0.297. The van der Waals surface area contributed by atoms with Crippen LogP contribution in [0.5, 0.6) is 0 Å².